The fourth-order valence-corrected chi connectivity index (χ4v) is 2.32. The first-order valence-corrected chi connectivity index (χ1v) is 7.80. The summed E-state index contributed by atoms with van der Waals surface area (Å²) in [4.78, 5) is 1.96. The molecule has 0 aliphatic heterocycles. The van der Waals surface area contributed by atoms with E-state index in [-0.39, 0.29) is 10.0 Å². The molecule has 0 amide bonds. The van der Waals surface area contributed by atoms with Crippen molar-refractivity contribution < 1.29 is 13.4 Å². The maximum atomic E-state index is 13.8. The Hall–Kier alpha value is -1.14. The molecule has 0 spiro atoms. The standard InChI is InChI=1S/C16H16BCl2F2NO/c1-22(2)7-8-23-17(11-3-5-13(18)15(20)9-11)12-4-6-14(19)16(21)10-12/h3-6,9-10H,7-8H2,1-2H3. The van der Waals surface area contributed by atoms with E-state index in [9.17, 15) is 8.78 Å². The van der Waals surface area contributed by atoms with Crippen LogP contribution in [0.25, 0.3) is 0 Å². The molecule has 2 nitrogen and oxygen atoms in total. The van der Waals surface area contributed by atoms with Crippen LogP contribution in [0.4, 0.5) is 8.78 Å². The molecule has 0 bridgehead atoms. The monoisotopic (exact) mass is 357 g/mol. The average molecular weight is 358 g/mol. The van der Waals surface area contributed by atoms with Crippen molar-refractivity contribution in [2.75, 3.05) is 27.2 Å². The molecule has 0 atom stereocenters. The molecule has 23 heavy (non-hydrogen) atoms. The molecule has 0 N–H and O–H groups in total. The lowest BCUT2D eigenvalue weighted by Crippen LogP contribution is -2.46. The lowest BCUT2D eigenvalue weighted by Gasteiger charge is -2.18. The number of benzene rings is 2. The van der Waals surface area contributed by atoms with Gasteiger partial charge in [0.25, 0.3) is 0 Å². The Morgan fingerprint density at radius 2 is 1.43 bits per heavy atom. The van der Waals surface area contributed by atoms with E-state index in [2.05, 4.69) is 0 Å². The van der Waals surface area contributed by atoms with Crippen molar-refractivity contribution in [2.45, 2.75) is 0 Å². The minimum Gasteiger partial charge on any atom is -0.426 e. The third-order valence-corrected chi connectivity index (χ3v) is 3.93. The maximum Gasteiger partial charge on any atom is 0.361 e. The summed E-state index contributed by atoms with van der Waals surface area (Å²) in [5, 5.41) is 0.0613. The smallest absolute Gasteiger partial charge is 0.361 e. The van der Waals surface area contributed by atoms with Gasteiger partial charge in [-0.2, -0.15) is 0 Å². The van der Waals surface area contributed by atoms with Gasteiger partial charge in [0.1, 0.15) is 11.6 Å². The summed E-state index contributed by atoms with van der Waals surface area (Å²) < 4.78 is 33.4. The Bertz CT molecular complexity index is 634. The van der Waals surface area contributed by atoms with Crippen molar-refractivity contribution in [2.24, 2.45) is 0 Å². The summed E-state index contributed by atoms with van der Waals surface area (Å²) >= 11 is 11.4. The van der Waals surface area contributed by atoms with E-state index in [1.54, 1.807) is 12.1 Å². The first-order valence-electron chi connectivity index (χ1n) is 7.04. The zero-order valence-electron chi connectivity index (χ0n) is 12.8. The molecular weight excluding hydrogens is 342 g/mol. The summed E-state index contributed by atoms with van der Waals surface area (Å²) in [6.07, 6.45) is 0. The van der Waals surface area contributed by atoms with Gasteiger partial charge in [-0.3, -0.25) is 0 Å². The quantitative estimate of drug-likeness (QED) is 0.737. The molecule has 2 aromatic rings. The SMILES string of the molecule is CN(C)CCOB(c1ccc(Cl)c(F)c1)c1ccc(Cl)c(F)c1. The van der Waals surface area contributed by atoms with Crippen LogP contribution in [-0.4, -0.2) is 39.1 Å². The largest absolute Gasteiger partial charge is 0.426 e. The summed E-state index contributed by atoms with van der Waals surface area (Å²) in [7, 11) is 3.84. The second-order valence-electron chi connectivity index (χ2n) is 5.40. The van der Waals surface area contributed by atoms with Crippen LogP contribution in [0.3, 0.4) is 0 Å². The Labute approximate surface area is 145 Å². The van der Waals surface area contributed by atoms with Gasteiger partial charge < -0.3 is 9.55 Å². The summed E-state index contributed by atoms with van der Waals surface area (Å²) in [6.45, 7) is 0.489. The summed E-state index contributed by atoms with van der Waals surface area (Å²) in [5.41, 5.74) is 1.12. The molecular formula is C16H16BCl2F2NO. The molecule has 0 fully saturated rings. The lowest BCUT2D eigenvalue weighted by atomic mass is 9.55. The lowest BCUT2D eigenvalue weighted by molar-refractivity contribution is 0.269. The normalized spacial score (nSPS) is 11.1. The molecule has 122 valence electrons. The molecule has 2 rings (SSSR count). The minimum atomic E-state index is -0.603. The fourth-order valence-electron chi connectivity index (χ4n) is 2.09. The Kier molecular flexibility index (Phi) is 6.42. The third-order valence-electron chi connectivity index (χ3n) is 3.32. The van der Waals surface area contributed by atoms with Gasteiger partial charge in [0.2, 0.25) is 0 Å². The van der Waals surface area contributed by atoms with Crippen molar-refractivity contribution in [3.05, 3.63) is 58.1 Å². The Balaban J connectivity index is 2.33. The third kappa shape index (κ3) is 4.92. The number of rotatable bonds is 6. The average Bonchev–Trinajstić information content (AvgIpc) is 2.49. The van der Waals surface area contributed by atoms with Crippen LogP contribution >= 0.6 is 23.2 Å². The van der Waals surface area contributed by atoms with Crippen molar-refractivity contribution in [1.29, 1.82) is 0 Å². The van der Waals surface area contributed by atoms with E-state index in [1.807, 2.05) is 19.0 Å². The van der Waals surface area contributed by atoms with Crippen LogP contribution in [0.15, 0.2) is 36.4 Å². The number of hydrogen-bond acceptors (Lipinski definition) is 2. The van der Waals surface area contributed by atoms with Gasteiger partial charge in [-0.25, -0.2) is 8.78 Å². The van der Waals surface area contributed by atoms with Gasteiger partial charge in [-0.15, -0.1) is 0 Å². The first kappa shape index (κ1) is 18.2. The molecule has 0 unspecified atom stereocenters. The predicted octanol–water partition coefficient (Wildman–Crippen LogP) is 2.96. The van der Waals surface area contributed by atoms with Gasteiger partial charge >= 0.3 is 6.92 Å². The van der Waals surface area contributed by atoms with E-state index in [4.69, 9.17) is 27.9 Å². The van der Waals surface area contributed by atoms with Crippen LogP contribution in [0.2, 0.25) is 10.0 Å². The molecule has 0 aliphatic rings. The Morgan fingerprint density at radius 3 is 1.83 bits per heavy atom. The second kappa shape index (κ2) is 8.11. The highest BCUT2D eigenvalue weighted by atomic mass is 35.5. The van der Waals surface area contributed by atoms with Crippen molar-refractivity contribution in [1.82, 2.24) is 4.90 Å². The van der Waals surface area contributed by atoms with Crippen LogP contribution in [0.1, 0.15) is 0 Å². The highest BCUT2D eigenvalue weighted by Crippen LogP contribution is 2.14. The molecule has 0 saturated heterocycles. The highest BCUT2D eigenvalue weighted by Gasteiger charge is 2.23. The van der Waals surface area contributed by atoms with E-state index in [1.165, 1.54) is 24.3 Å². The molecule has 0 heterocycles. The molecule has 0 aliphatic carbocycles. The zero-order chi connectivity index (χ0) is 17.0. The number of likely N-dealkylation sites (N-methyl/N-ethyl adjacent to an activating group) is 1. The second-order valence-corrected chi connectivity index (χ2v) is 6.22. The zero-order valence-corrected chi connectivity index (χ0v) is 14.3. The maximum absolute atomic E-state index is 13.8. The van der Waals surface area contributed by atoms with Crippen LogP contribution in [-0.2, 0) is 4.65 Å². The van der Waals surface area contributed by atoms with Crippen LogP contribution in [0.5, 0.6) is 0 Å². The van der Waals surface area contributed by atoms with E-state index >= 15 is 0 Å². The minimum absolute atomic E-state index is 0.0306. The van der Waals surface area contributed by atoms with Crippen molar-refractivity contribution in [3.63, 3.8) is 0 Å². The first-order chi connectivity index (χ1) is 10.9. The van der Waals surface area contributed by atoms with Crippen molar-refractivity contribution in [3.8, 4) is 0 Å². The van der Waals surface area contributed by atoms with E-state index in [0.717, 1.165) is 0 Å². The summed E-state index contributed by atoms with van der Waals surface area (Å²) in [5.74, 6) is -1.08. The van der Waals surface area contributed by atoms with Crippen LogP contribution in [0, 0.1) is 11.6 Å². The van der Waals surface area contributed by atoms with Gasteiger partial charge in [-0.05, 0) is 49.3 Å². The van der Waals surface area contributed by atoms with Gasteiger partial charge in [0.05, 0.1) is 10.0 Å². The number of nitrogens with zero attached hydrogens (tertiary/aromatic N) is 1. The molecule has 0 radical (unpaired) electrons. The molecule has 0 aromatic heterocycles. The van der Waals surface area contributed by atoms with E-state index < -0.39 is 18.6 Å². The van der Waals surface area contributed by atoms with Crippen molar-refractivity contribution >= 4 is 41.0 Å². The van der Waals surface area contributed by atoms with Gasteiger partial charge in [0, 0.05) is 13.2 Å². The van der Waals surface area contributed by atoms with Gasteiger partial charge in [-0.1, -0.05) is 35.3 Å². The Morgan fingerprint density at radius 1 is 0.957 bits per heavy atom. The van der Waals surface area contributed by atoms with Gasteiger partial charge in [0.15, 0.2) is 0 Å². The predicted molar refractivity (Wildman–Crippen MR) is 92.3 cm³/mol. The molecule has 2 aromatic carbocycles. The summed E-state index contributed by atoms with van der Waals surface area (Å²) in [6, 6.07) is 8.85. The molecule has 0 saturated carbocycles. The fraction of sp³-hybridized carbons (Fsp3) is 0.250. The van der Waals surface area contributed by atoms with Crippen LogP contribution < -0.4 is 10.9 Å². The highest BCUT2D eigenvalue weighted by molar-refractivity contribution is 6.80. The number of hydrogen-bond donors (Lipinski definition) is 0. The number of halogens is 4. The molecule has 7 heteroatoms. The topological polar surface area (TPSA) is 12.5 Å². The van der Waals surface area contributed by atoms with E-state index in [0.29, 0.717) is 24.1 Å².